The second kappa shape index (κ2) is 8.22. The normalized spacial score (nSPS) is 9.00. The first-order valence-corrected chi connectivity index (χ1v) is 3.07. The van der Waals surface area contributed by atoms with Crippen molar-refractivity contribution in [2.45, 2.75) is 20.8 Å². The predicted molar refractivity (Wildman–Crippen MR) is 41.4 cm³/mol. The summed E-state index contributed by atoms with van der Waals surface area (Å²) in [4.78, 5) is 2.38. The third kappa shape index (κ3) is 5.36. The third-order valence-corrected chi connectivity index (χ3v) is 1.34. The molecule has 0 aromatic heterocycles. The Kier molecular flexibility index (Phi) is 12.3. The molecule has 0 aliphatic rings. The van der Waals surface area contributed by atoms with E-state index in [9.17, 15) is 0 Å². The Morgan fingerprint density at radius 3 is 1.25 bits per heavy atom. The maximum absolute atomic E-state index is 2.38. The van der Waals surface area contributed by atoms with E-state index in [2.05, 4.69) is 25.7 Å². The van der Waals surface area contributed by atoms with Gasteiger partial charge in [-0.1, -0.05) is 20.8 Å². The van der Waals surface area contributed by atoms with Crippen LogP contribution in [-0.4, -0.2) is 62.3 Å². The van der Waals surface area contributed by atoms with Crippen LogP contribution in [0.4, 0.5) is 0 Å². The summed E-state index contributed by atoms with van der Waals surface area (Å²) < 4.78 is 0. The van der Waals surface area contributed by atoms with Crippen LogP contribution in [0.3, 0.4) is 0 Å². The minimum absolute atomic E-state index is 0. The van der Waals surface area contributed by atoms with Gasteiger partial charge in [0, 0.05) is 0 Å². The SMILES string of the molecule is CCN(CC)CC.[Ca+2].[H-].[H-]. The molecule has 0 N–H and O–H groups in total. The molecule has 0 atom stereocenters. The average molecular weight is 143 g/mol. The molecule has 2 heteroatoms. The summed E-state index contributed by atoms with van der Waals surface area (Å²) in [7, 11) is 0. The van der Waals surface area contributed by atoms with E-state index in [1.54, 1.807) is 0 Å². The van der Waals surface area contributed by atoms with Gasteiger partial charge in [-0.3, -0.25) is 0 Å². The van der Waals surface area contributed by atoms with Crippen LogP contribution in [0.1, 0.15) is 23.6 Å². The number of hydrogen-bond acceptors (Lipinski definition) is 1. The Bertz CT molecular complexity index is 37.2. The molecule has 8 heavy (non-hydrogen) atoms. The van der Waals surface area contributed by atoms with Gasteiger partial charge in [-0.25, -0.2) is 0 Å². The molecule has 0 aliphatic carbocycles. The summed E-state index contributed by atoms with van der Waals surface area (Å²) in [5, 5.41) is 0. The van der Waals surface area contributed by atoms with Crippen LogP contribution in [0.25, 0.3) is 0 Å². The number of hydrogen-bond donors (Lipinski definition) is 0. The first kappa shape index (κ1) is 12.0. The maximum atomic E-state index is 2.38. The first-order valence-electron chi connectivity index (χ1n) is 3.07. The maximum Gasteiger partial charge on any atom is 2.00 e. The van der Waals surface area contributed by atoms with Crippen LogP contribution in [0.5, 0.6) is 0 Å². The Morgan fingerprint density at radius 1 is 1.00 bits per heavy atom. The van der Waals surface area contributed by atoms with E-state index in [1.807, 2.05) is 0 Å². The quantitative estimate of drug-likeness (QED) is 0.536. The molecule has 0 aromatic carbocycles. The second-order valence-corrected chi connectivity index (χ2v) is 1.62. The van der Waals surface area contributed by atoms with Gasteiger partial charge in [0.2, 0.25) is 0 Å². The van der Waals surface area contributed by atoms with Crippen molar-refractivity contribution in [3.05, 3.63) is 0 Å². The molecule has 0 radical (unpaired) electrons. The average Bonchev–Trinajstić information content (AvgIpc) is 1.72. The van der Waals surface area contributed by atoms with Gasteiger partial charge in [-0.05, 0) is 19.6 Å². The monoisotopic (exact) mass is 143 g/mol. The zero-order chi connectivity index (χ0) is 5.70. The van der Waals surface area contributed by atoms with Gasteiger partial charge >= 0.3 is 37.7 Å². The minimum atomic E-state index is 0. The van der Waals surface area contributed by atoms with Crippen molar-refractivity contribution in [2.24, 2.45) is 0 Å². The molecule has 0 fully saturated rings. The Morgan fingerprint density at radius 2 is 1.25 bits per heavy atom. The Balaban J connectivity index is -0.0000000600. The van der Waals surface area contributed by atoms with Gasteiger partial charge in [-0.15, -0.1) is 0 Å². The number of nitrogens with zero attached hydrogens (tertiary/aromatic N) is 1. The zero-order valence-corrected chi connectivity index (χ0v) is 8.48. The van der Waals surface area contributed by atoms with Crippen molar-refractivity contribution in [1.29, 1.82) is 0 Å². The van der Waals surface area contributed by atoms with Crippen LogP contribution in [-0.2, 0) is 0 Å². The minimum Gasteiger partial charge on any atom is -1.00 e. The van der Waals surface area contributed by atoms with E-state index in [0.717, 1.165) is 0 Å². The molecule has 0 aromatic rings. The van der Waals surface area contributed by atoms with Crippen LogP contribution >= 0.6 is 0 Å². The predicted octanol–water partition coefficient (Wildman–Crippen LogP) is 1.19. The molecule has 0 saturated carbocycles. The van der Waals surface area contributed by atoms with Crippen LogP contribution < -0.4 is 0 Å². The summed E-state index contributed by atoms with van der Waals surface area (Å²) in [5.74, 6) is 0. The summed E-state index contributed by atoms with van der Waals surface area (Å²) >= 11 is 0. The van der Waals surface area contributed by atoms with Gasteiger partial charge in [0.25, 0.3) is 0 Å². The van der Waals surface area contributed by atoms with E-state index in [4.69, 9.17) is 0 Å². The molecule has 0 unspecified atom stereocenters. The van der Waals surface area contributed by atoms with Crippen LogP contribution in [0.15, 0.2) is 0 Å². The van der Waals surface area contributed by atoms with Crippen LogP contribution in [0, 0.1) is 0 Å². The topological polar surface area (TPSA) is 3.24 Å². The van der Waals surface area contributed by atoms with Gasteiger partial charge in [-0.2, -0.15) is 0 Å². The van der Waals surface area contributed by atoms with Gasteiger partial charge in [0.15, 0.2) is 0 Å². The van der Waals surface area contributed by atoms with E-state index in [0.29, 0.717) is 0 Å². The second-order valence-electron chi connectivity index (χ2n) is 1.62. The van der Waals surface area contributed by atoms with Crippen molar-refractivity contribution in [3.8, 4) is 0 Å². The van der Waals surface area contributed by atoms with Crippen molar-refractivity contribution >= 4 is 37.7 Å². The molecule has 48 valence electrons. The molecule has 0 aliphatic heterocycles. The molecule has 0 heterocycles. The summed E-state index contributed by atoms with van der Waals surface area (Å²) in [5.41, 5.74) is 0. The van der Waals surface area contributed by atoms with Gasteiger partial charge in [0.1, 0.15) is 0 Å². The van der Waals surface area contributed by atoms with Gasteiger partial charge in [0.05, 0.1) is 0 Å². The molecular weight excluding hydrogens is 126 g/mol. The van der Waals surface area contributed by atoms with Crippen LogP contribution in [0.2, 0.25) is 0 Å². The summed E-state index contributed by atoms with van der Waals surface area (Å²) in [6, 6.07) is 0. The van der Waals surface area contributed by atoms with Crippen molar-refractivity contribution in [2.75, 3.05) is 19.6 Å². The first-order chi connectivity index (χ1) is 3.35. The van der Waals surface area contributed by atoms with Crippen molar-refractivity contribution < 1.29 is 2.85 Å². The molecular formula is C6H17CaN. The molecule has 0 bridgehead atoms. The van der Waals surface area contributed by atoms with Crippen molar-refractivity contribution in [1.82, 2.24) is 4.90 Å². The molecule has 0 spiro atoms. The van der Waals surface area contributed by atoms with Gasteiger partial charge < -0.3 is 7.75 Å². The molecule has 0 amide bonds. The summed E-state index contributed by atoms with van der Waals surface area (Å²) in [6.45, 7) is 10.1. The smallest absolute Gasteiger partial charge is 1.00 e. The fraction of sp³-hybridized carbons (Fsp3) is 1.00. The Hall–Kier alpha value is 1.22. The van der Waals surface area contributed by atoms with E-state index in [-0.39, 0.29) is 40.6 Å². The Labute approximate surface area is 85.4 Å². The van der Waals surface area contributed by atoms with Crippen molar-refractivity contribution in [3.63, 3.8) is 0 Å². The molecule has 0 saturated heterocycles. The fourth-order valence-corrected chi connectivity index (χ4v) is 0.671. The summed E-state index contributed by atoms with van der Waals surface area (Å²) in [6.07, 6.45) is 0. The largest absolute Gasteiger partial charge is 2.00 e. The molecule has 1 nitrogen and oxygen atoms in total. The zero-order valence-electron chi connectivity index (χ0n) is 8.28. The third-order valence-electron chi connectivity index (χ3n) is 1.34. The fourth-order valence-electron chi connectivity index (χ4n) is 0.671. The molecule has 0 rings (SSSR count). The van der Waals surface area contributed by atoms with E-state index in [1.165, 1.54) is 19.6 Å². The van der Waals surface area contributed by atoms with E-state index < -0.39 is 0 Å². The number of rotatable bonds is 3. The van der Waals surface area contributed by atoms with E-state index >= 15 is 0 Å². The standard InChI is InChI=1S/C6H15N.Ca.2H/c1-4-7(5-2)6-3;;;/h4-6H2,1-3H3;;;/q;+2;2*-1.